The van der Waals surface area contributed by atoms with Gasteiger partial charge in [-0.15, -0.1) is 0 Å². The van der Waals surface area contributed by atoms with Crippen molar-refractivity contribution >= 4 is 104 Å². The van der Waals surface area contributed by atoms with E-state index in [0.717, 1.165) is 93.4 Å². The number of imidazole rings is 1. The fraction of sp³-hybridized carbons (Fsp3) is 0.321. The largest absolute Gasteiger partial charge is 0.457 e. The van der Waals surface area contributed by atoms with E-state index < -0.39 is 23.5 Å². The molecule has 9 rings (SSSR count). The van der Waals surface area contributed by atoms with Gasteiger partial charge >= 0.3 is 12.4 Å². The summed E-state index contributed by atoms with van der Waals surface area (Å²) in [6.07, 6.45) is -1.56. The molecule has 5 heterocycles. The molecule has 2 aliphatic rings. The van der Waals surface area contributed by atoms with E-state index in [-0.39, 0.29) is 45.9 Å². The number of hydrogen-bond acceptors (Lipinski definition) is 16. The third kappa shape index (κ3) is 18.4. The summed E-state index contributed by atoms with van der Waals surface area (Å²) in [5, 5.41) is 13.7. The molecule has 3 aromatic heterocycles. The van der Waals surface area contributed by atoms with Crippen molar-refractivity contribution in [2.75, 3.05) is 87.5 Å². The molecule has 2 fully saturated rings. The van der Waals surface area contributed by atoms with Crippen molar-refractivity contribution in [2.24, 2.45) is 12.0 Å². The zero-order chi connectivity index (χ0) is 59.8. The molecule has 83 heavy (non-hydrogen) atoms. The third-order valence-corrected chi connectivity index (χ3v) is 13.8. The molecule has 4 aromatic carbocycles. The number of piperidine rings is 2. The number of aromatic nitrogens is 4. The fourth-order valence-electron chi connectivity index (χ4n) is 8.66. The highest BCUT2D eigenvalue weighted by atomic mass is 35.5. The van der Waals surface area contributed by atoms with Gasteiger partial charge in [0.15, 0.2) is 0 Å². The molecule has 440 valence electrons. The first-order valence-corrected chi connectivity index (χ1v) is 26.8. The molecule has 27 heteroatoms. The van der Waals surface area contributed by atoms with E-state index >= 15 is 0 Å². The first-order chi connectivity index (χ1) is 39.6. The summed E-state index contributed by atoms with van der Waals surface area (Å²) in [7, 11) is 6.98. The van der Waals surface area contributed by atoms with Gasteiger partial charge in [0.1, 0.15) is 34.6 Å². The Hall–Kier alpha value is -7.61. The Bertz CT molecular complexity index is 3410. The smallest absolute Gasteiger partial charge is 0.416 e. The number of methoxy groups -OCH3 is 2. The molecule has 0 bridgehead atoms. The summed E-state index contributed by atoms with van der Waals surface area (Å²) >= 11 is 16.0. The Morgan fingerprint density at radius 1 is 0.687 bits per heavy atom. The van der Waals surface area contributed by atoms with Crippen LogP contribution in [0.25, 0.3) is 11.0 Å². The number of ether oxygens (including phenoxy) is 4. The minimum absolute atomic E-state index is 0.0310. The number of likely N-dealkylation sites (tertiary alicyclic amines) is 2. The van der Waals surface area contributed by atoms with Crippen LogP contribution in [0, 0.1) is 0 Å². The fourth-order valence-corrected chi connectivity index (χ4v) is 9.09. The topological polar surface area (TPSA) is 208 Å². The van der Waals surface area contributed by atoms with Gasteiger partial charge in [-0.3, -0.25) is 19.4 Å². The average molecular weight is 1210 g/mol. The summed E-state index contributed by atoms with van der Waals surface area (Å²) in [6.45, 7) is 3.90. The number of fused-ring (bicyclic) bond motifs is 1. The Morgan fingerprint density at radius 3 is 1.67 bits per heavy atom. The molecule has 0 saturated carbocycles. The number of nitrogen functional groups attached to an aromatic ring is 1. The second-order valence-corrected chi connectivity index (χ2v) is 19.8. The average Bonchev–Trinajstić information content (AvgIpc) is 3.68. The van der Waals surface area contributed by atoms with Gasteiger partial charge in [-0.2, -0.15) is 31.3 Å². The number of nitrogens with two attached hydrogens (primary N) is 1. The molecule has 0 spiro atoms. The van der Waals surface area contributed by atoms with Crippen LogP contribution in [0.15, 0.2) is 114 Å². The van der Waals surface area contributed by atoms with Gasteiger partial charge in [-0.1, -0.05) is 23.2 Å². The van der Waals surface area contributed by atoms with Crippen LogP contribution in [-0.2, 0) is 38.5 Å². The van der Waals surface area contributed by atoms with Crippen LogP contribution in [0.3, 0.4) is 0 Å². The summed E-state index contributed by atoms with van der Waals surface area (Å²) in [4.78, 5) is 45.4. The standard InChI is InChI=1S/C28H28ClF3N6O3.C20H27N5O3.C8H3ClF3NS/c1-37-24-6-4-19(14-23(24)35-27(37)34-22-13-17(28(30,31)32)3-5-21(22)29)41-20-7-10-33-25(15-20)36-26(39)16-38-11-8-18(40-2)9-12-38;1-22-18-4-3-15(11-17(18)21)28-16-5-8-23-19(12-16)24-20(26)13-25-9-6-14(27-2)7-10-25;9-6-2-1-5(8(10,11)12)3-7(6)13-4-14/h3-7,10,13-15,18H,8-9,11-12,16H2,1-2H3,(H,34,35)(H,33,36,39);3-5,8,11-12,14,22H,6-7,9-10,13,21H2,1-2H3,(H,23,24,26);1-3H. The maximum atomic E-state index is 13.2. The number of amides is 2. The number of aliphatic imine (C=N–C) groups is 1. The zero-order valence-electron chi connectivity index (χ0n) is 45.2. The van der Waals surface area contributed by atoms with Gasteiger partial charge in [0.2, 0.25) is 17.8 Å². The van der Waals surface area contributed by atoms with E-state index in [9.17, 15) is 35.9 Å². The van der Waals surface area contributed by atoms with Crippen molar-refractivity contribution < 1.29 is 54.9 Å². The second-order valence-electron chi connectivity index (χ2n) is 18.8. The van der Waals surface area contributed by atoms with E-state index in [1.807, 2.05) is 24.3 Å². The Morgan fingerprint density at radius 2 is 1.18 bits per heavy atom. The number of aryl methyl sites for hydroxylation is 1. The van der Waals surface area contributed by atoms with Crippen molar-refractivity contribution in [1.29, 1.82) is 0 Å². The van der Waals surface area contributed by atoms with Gasteiger partial charge in [-0.25, -0.2) is 15.0 Å². The van der Waals surface area contributed by atoms with Crippen molar-refractivity contribution in [1.82, 2.24) is 29.3 Å². The minimum atomic E-state index is -4.50. The normalized spacial score (nSPS) is 14.3. The van der Waals surface area contributed by atoms with E-state index in [1.165, 1.54) is 12.3 Å². The SMILES string of the molecule is CNc1ccc(Oc2ccnc(NC(=O)CN3CCC(OC)CC3)c2)cc1N.COC1CCN(CC(=O)Nc2cc(Oc3ccc4c(c3)nc(Nc3cc(C(F)(F)F)ccc3Cl)n4C)ccn2)CC1.FC(F)(F)c1ccc(Cl)c(N=C=S)c1. The molecule has 0 atom stereocenters. The van der Waals surface area contributed by atoms with Crippen molar-refractivity contribution in [2.45, 2.75) is 50.2 Å². The highest BCUT2D eigenvalue weighted by Gasteiger charge is 2.32. The van der Waals surface area contributed by atoms with Crippen LogP contribution in [0.5, 0.6) is 23.0 Å². The van der Waals surface area contributed by atoms with Gasteiger partial charge in [0, 0.05) is 91.2 Å². The van der Waals surface area contributed by atoms with Crippen molar-refractivity contribution in [3.05, 3.63) is 131 Å². The highest BCUT2D eigenvalue weighted by Crippen LogP contribution is 2.37. The van der Waals surface area contributed by atoms with E-state index in [1.54, 1.807) is 80.6 Å². The molecule has 2 aliphatic heterocycles. The summed E-state index contributed by atoms with van der Waals surface area (Å²) in [6, 6.07) is 23.2. The number of nitrogens with one attached hydrogen (secondary N) is 4. The molecule has 2 amide bonds. The molecule has 18 nitrogen and oxygen atoms in total. The minimum Gasteiger partial charge on any atom is -0.457 e. The molecule has 7 aromatic rings. The molecule has 2 saturated heterocycles. The van der Waals surface area contributed by atoms with E-state index in [2.05, 4.69) is 63.2 Å². The predicted molar refractivity (Wildman–Crippen MR) is 311 cm³/mol. The number of isothiocyanates is 1. The lowest BCUT2D eigenvalue weighted by molar-refractivity contribution is -0.138. The van der Waals surface area contributed by atoms with Gasteiger partial charge in [0.25, 0.3) is 0 Å². The quantitative estimate of drug-likeness (QED) is 0.0264. The number of anilines is 6. The molecular weight excluding hydrogens is 1150 g/mol. The highest BCUT2D eigenvalue weighted by molar-refractivity contribution is 7.78. The number of carbonyl (C=O) groups is 2. The number of nitrogens with zero attached hydrogens (tertiary/aromatic N) is 7. The molecule has 6 N–H and O–H groups in total. The molecule has 0 unspecified atom stereocenters. The second kappa shape index (κ2) is 29.1. The number of pyridine rings is 2. The zero-order valence-corrected chi connectivity index (χ0v) is 47.5. The number of carbonyl (C=O) groups excluding carboxylic acids is 2. The van der Waals surface area contributed by atoms with Gasteiger partial charge < -0.3 is 50.5 Å². The molecular formula is C56H58Cl2F6N12O6S. The summed E-state index contributed by atoms with van der Waals surface area (Å²) in [5.41, 5.74) is 7.09. The van der Waals surface area contributed by atoms with Crippen LogP contribution in [0.4, 0.5) is 66.7 Å². The van der Waals surface area contributed by atoms with Crippen LogP contribution >= 0.6 is 35.4 Å². The van der Waals surface area contributed by atoms with Gasteiger partial charge in [-0.05, 0) is 111 Å². The van der Waals surface area contributed by atoms with Crippen LogP contribution in [0.1, 0.15) is 36.8 Å². The monoisotopic (exact) mass is 1210 g/mol. The summed E-state index contributed by atoms with van der Waals surface area (Å²) < 4.78 is 100. The number of alkyl halides is 6. The van der Waals surface area contributed by atoms with Crippen LogP contribution in [0.2, 0.25) is 10.0 Å². The molecule has 0 radical (unpaired) electrons. The first-order valence-electron chi connectivity index (χ1n) is 25.6. The van der Waals surface area contributed by atoms with E-state index in [0.29, 0.717) is 64.4 Å². The van der Waals surface area contributed by atoms with E-state index in [4.69, 9.17) is 47.9 Å². The maximum absolute atomic E-state index is 13.2. The lowest BCUT2D eigenvalue weighted by atomic mass is 10.1. The number of rotatable bonds is 16. The summed E-state index contributed by atoms with van der Waals surface area (Å²) in [5.74, 6) is 2.98. The first kappa shape index (κ1) is 63.0. The Kier molecular flexibility index (Phi) is 22.1. The lowest BCUT2D eigenvalue weighted by Crippen LogP contribution is -2.41. The maximum Gasteiger partial charge on any atom is 0.416 e. The van der Waals surface area contributed by atoms with Crippen LogP contribution < -0.4 is 36.5 Å². The number of halogens is 8. The van der Waals surface area contributed by atoms with Gasteiger partial charge in [0.05, 0.1) is 85.4 Å². The number of hydrogen-bond donors (Lipinski definition) is 5. The number of thiocarbonyl (C=S) groups is 1. The van der Waals surface area contributed by atoms with Crippen molar-refractivity contribution in [3.8, 4) is 23.0 Å². The third-order valence-electron chi connectivity index (χ3n) is 13.1. The van der Waals surface area contributed by atoms with Crippen LogP contribution in [-0.4, -0.2) is 119 Å². The predicted octanol–water partition coefficient (Wildman–Crippen LogP) is 12.9. The lowest BCUT2D eigenvalue weighted by Gasteiger charge is -2.30. The number of benzene rings is 4. The Labute approximate surface area is 489 Å². The van der Waals surface area contributed by atoms with Crippen molar-refractivity contribution in [3.63, 3.8) is 0 Å². The Balaban J connectivity index is 0.000000202. The molecule has 0 aliphatic carbocycles.